The smallest absolute Gasteiger partial charge is 0.335 e. The maximum atomic E-state index is 13.9. The Labute approximate surface area is 270 Å². The van der Waals surface area contributed by atoms with E-state index in [0.29, 0.717) is 23.3 Å². The molecule has 0 spiro atoms. The first-order chi connectivity index (χ1) is 20.8. The van der Waals surface area contributed by atoms with Gasteiger partial charge in [0, 0.05) is 0 Å². The second-order valence-electron chi connectivity index (χ2n) is 17.0. The number of aromatic carboxylic acids is 1. The van der Waals surface area contributed by atoms with Gasteiger partial charge < -0.3 is 5.11 Å². The molecule has 9 atom stereocenters. The van der Waals surface area contributed by atoms with E-state index in [0.717, 1.165) is 75.2 Å². The molecular formula is C38H53NO5S. The van der Waals surface area contributed by atoms with Gasteiger partial charge in [0.2, 0.25) is 15.9 Å². The summed E-state index contributed by atoms with van der Waals surface area (Å²) in [6.45, 7) is 18.9. The molecule has 0 heterocycles. The second kappa shape index (κ2) is 10.3. The normalized spacial score (nSPS) is 41.8. The zero-order chi connectivity index (χ0) is 33.0. The standard InChI is InChI=1S/C38H53NO5S/c1-23(2)26-15-20-38(33(42)39-45(8,43)44)22-21-36(6)28(31(26)38)13-14-30-35(5)18-16-27(24-9-11-25(12-10-24)32(40)41)34(3,4)29(35)17-19-37(30,36)7/h9-12,16,26,28-31H,1,13-15,17-22H2,2-8H3,(H,39,42)(H,40,41)/t26-,28?,29?,30?,31?,35-,36+,37+,38-/m0/s1. The summed E-state index contributed by atoms with van der Waals surface area (Å²) in [4.78, 5) is 25.4. The number of sulfonamides is 1. The number of hydrogen-bond acceptors (Lipinski definition) is 4. The monoisotopic (exact) mass is 635 g/mol. The fourth-order valence-electron chi connectivity index (χ4n) is 12.7. The molecule has 0 radical (unpaired) electrons. The molecule has 0 bridgehead atoms. The Morgan fingerprint density at radius 3 is 2.16 bits per heavy atom. The van der Waals surface area contributed by atoms with Gasteiger partial charge in [0.25, 0.3) is 0 Å². The molecular weight excluding hydrogens is 582 g/mol. The third kappa shape index (κ3) is 4.56. The summed E-state index contributed by atoms with van der Waals surface area (Å²) < 4.78 is 27.0. The highest BCUT2D eigenvalue weighted by Crippen LogP contribution is 2.77. The topological polar surface area (TPSA) is 101 Å². The molecule has 4 unspecified atom stereocenters. The fourth-order valence-corrected chi connectivity index (χ4v) is 13.2. The average molecular weight is 636 g/mol. The molecule has 6 nitrogen and oxygen atoms in total. The number of nitrogens with one attached hydrogen (secondary N) is 1. The highest BCUT2D eigenvalue weighted by atomic mass is 32.2. The first-order valence-electron chi connectivity index (χ1n) is 17.0. The molecule has 1 aromatic rings. The Balaban J connectivity index is 1.37. The third-order valence-corrected chi connectivity index (χ3v) is 15.4. The van der Waals surface area contributed by atoms with E-state index in [1.165, 1.54) is 5.57 Å². The number of carboxylic acids is 1. The molecule has 6 rings (SSSR count). The number of fused-ring (bicyclic) bond motifs is 7. The summed E-state index contributed by atoms with van der Waals surface area (Å²) in [5, 5.41) is 9.43. The van der Waals surface area contributed by atoms with Gasteiger partial charge in [-0.15, -0.1) is 0 Å². The lowest BCUT2D eigenvalue weighted by Gasteiger charge is -2.72. The van der Waals surface area contributed by atoms with Crippen LogP contribution < -0.4 is 4.72 Å². The predicted molar refractivity (Wildman–Crippen MR) is 179 cm³/mol. The SMILES string of the molecule is C=C(C)[C@@H]1CC[C@]2(C(=O)NS(C)(=O)=O)CC[C@]3(C)C(CCC4[C@@]5(C)CC=C(c6ccc(C(=O)O)cc6)C(C)(C)C5CC[C@]43C)C12. The Morgan fingerprint density at radius 1 is 0.889 bits per heavy atom. The fraction of sp³-hybridized carbons (Fsp3) is 0.684. The number of carbonyl (C=O) groups excluding carboxylic acids is 1. The average Bonchev–Trinajstić information content (AvgIpc) is 3.34. The Hall–Kier alpha value is -2.41. The first-order valence-corrected chi connectivity index (χ1v) is 18.9. The van der Waals surface area contributed by atoms with E-state index in [1.54, 1.807) is 12.1 Å². The van der Waals surface area contributed by atoms with E-state index in [9.17, 15) is 23.1 Å². The van der Waals surface area contributed by atoms with Crippen LogP contribution in [0.15, 0.2) is 42.5 Å². The van der Waals surface area contributed by atoms with Gasteiger partial charge in [-0.2, -0.15) is 0 Å². The third-order valence-electron chi connectivity index (χ3n) is 14.8. The lowest BCUT2D eigenvalue weighted by atomic mass is 9.32. The van der Waals surface area contributed by atoms with Gasteiger partial charge in [-0.25, -0.2) is 13.2 Å². The molecule has 1 aromatic carbocycles. The number of rotatable bonds is 5. The summed E-state index contributed by atoms with van der Waals surface area (Å²) in [7, 11) is -3.65. The Kier molecular flexibility index (Phi) is 7.44. The van der Waals surface area contributed by atoms with Crippen LogP contribution in [0.25, 0.3) is 5.57 Å². The van der Waals surface area contributed by atoms with Crippen molar-refractivity contribution >= 4 is 27.5 Å². The van der Waals surface area contributed by atoms with Crippen molar-refractivity contribution in [2.24, 2.45) is 56.7 Å². The second-order valence-corrected chi connectivity index (χ2v) is 18.7. The molecule has 5 aliphatic rings. The molecule has 5 aliphatic carbocycles. The van der Waals surface area contributed by atoms with E-state index in [1.807, 2.05) is 12.1 Å². The van der Waals surface area contributed by atoms with Crippen LogP contribution in [-0.4, -0.2) is 31.7 Å². The van der Waals surface area contributed by atoms with Crippen LogP contribution in [0.3, 0.4) is 0 Å². The van der Waals surface area contributed by atoms with Gasteiger partial charge in [0.1, 0.15) is 0 Å². The summed E-state index contributed by atoms with van der Waals surface area (Å²) in [6, 6.07) is 7.41. The minimum atomic E-state index is -3.65. The van der Waals surface area contributed by atoms with Crippen LogP contribution in [-0.2, 0) is 14.8 Å². The molecule has 4 saturated carbocycles. The van der Waals surface area contributed by atoms with Crippen molar-refractivity contribution in [3.63, 3.8) is 0 Å². The van der Waals surface area contributed by atoms with E-state index in [4.69, 9.17) is 0 Å². The quantitative estimate of drug-likeness (QED) is 0.319. The number of amides is 1. The van der Waals surface area contributed by atoms with Crippen molar-refractivity contribution in [1.82, 2.24) is 4.72 Å². The van der Waals surface area contributed by atoms with Crippen LogP contribution >= 0.6 is 0 Å². The van der Waals surface area contributed by atoms with Crippen molar-refractivity contribution in [1.29, 1.82) is 0 Å². The maximum Gasteiger partial charge on any atom is 0.335 e. The lowest BCUT2D eigenvalue weighted by molar-refractivity contribution is -0.224. The van der Waals surface area contributed by atoms with Gasteiger partial charge in [-0.05, 0) is 139 Å². The van der Waals surface area contributed by atoms with E-state index in [2.05, 4.69) is 58.9 Å². The molecule has 1 amide bonds. The van der Waals surface area contributed by atoms with Crippen LogP contribution in [0, 0.1) is 56.7 Å². The zero-order valence-corrected chi connectivity index (χ0v) is 29.1. The summed E-state index contributed by atoms with van der Waals surface area (Å²) in [5.41, 5.74) is 3.47. The molecule has 7 heteroatoms. The predicted octanol–water partition coefficient (Wildman–Crippen LogP) is 8.11. The molecule has 4 fully saturated rings. The van der Waals surface area contributed by atoms with Crippen LogP contribution in [0.1, 0.15) is 115 Å². The molecule has 2 N–H and O–H groups in total. The number of benzene rings is 1. The van der Waals surface area contributed by atoms with Gasteiger partial charge >= 0.3 is 5.97 Å². The van der Waals surface area contributed by atoms with Crippen LogP contribution in [0.5, 0.6) is 0 Å². The van der Waals surface area contributed by atoms with Crippen molar-refractivity contribution in [3.05, 3.63) is 53.6 Å². The minimum Gasteiger partial charge on any atom is -0.478 e. The Morgan fingerprint density at radius 2 is 1.56 bits per heavy atom. The highest BCUT2D eigenvalue weighted by Gasteiger charge is 2.71. The van der Waals surface area contributed by atoms with E-state index in [-0.39, 0.29) is 39.4 Å². The molecule has 246 valence electrons. The number of hydrogen-bond donors (Lipinski definition) is 2. The maximum absolute atomic E-state index is 13.9. The first kappa shape index (κ1) is 32.5. The number of allylic oxidation sites excluding steroid dienone is 3. The Bertz CT molecular complexity index is 1570. The molecule has 0 aliphatic heterocycles. The van der Waals surface area contributed by atoms with Gasteiger partial charge in [-0.1, -0.05) is 65.0 Å². The highest BCUT2D eigenvalue weighted by molar-refractivity contribution is 7.89. The summed E-state index contributed by atoms with van der Waals surface area (Å²) >= 11 is 0. The van der Waals surface area contributed by atoms with E-state index < -0.39 is 21.4 Å². The molecule has 45 heavy (non-hydrogen) atoms. The molecule has 0 saturated heterocycles. The number of carbonyl (C=O) groups is 2. The van der Waals surface area contributed by atoms with Crippen molar-refractivity contribution in [2.75, 3.05) is 6.26 Å². The van der Waals surface area contributed by atoms with Gasteiger partial charge in [0.15, 0.2) is 0 Å². The van der Waals surface area contributed by atoms with Crippen molar-refractivity contribution in [3.8, 4) is 0 Å². The lowest BCUT2D eigenvalue weighted by Crippen LogP contribution is -2.66. The van der Waals surface area contributed by atoms with E-state index >= 15 is 0 Å². The van der Waals surface area contributed by atoms with Crippen LogP contribution in [0.4, 0.5) is 0 Å². The van der Waals surface area contributed by atoms with Crippen LogP contribution in [0.2, 0.25) is 0 Å². The van der Waals surface area contributed by atoms with Gasteiger partial charge in [0.05, 0.1) is 17.2 Å². The number of carboxylic acid groups (broad SMARTS) is 1. The largest absolute Gasteiger partial charge is 0.478 e. The molecule has 0 aromatic heterocycles. The van der Waals surface area contributed by atoms with Crippen molar-refractivity contribution < 1.29 is 23.1 Å². The van der Waals surface area contributed by atoms with Gasteiger partial charge in [-0.3, -0.25) is 9.52 Å². The minimum absolute atomic E-state index is 0.0439. The summed E-state index contributed by atoms with van der Waals surface area (Å²) in [6.07, 6.45) is 12.4. The van der Waals surface area contributed by atoms with Crippen molar-refractivity contribution in [2.45, 2.75) is 99.3 Å². The summed E-state index contributed by atoms with van der Waals surface area (Å²) in [5.74, 6) is 0.550. The zero-order valence-electron chi connectivity index (χ0n) is 28.3.